The summed E-state index contributed by atoms with van der Waals surface area (Å²) in [6.45, 7) is 0.810. The summed E-state index contributed by atoms with van der Waals surface area (Å²) in [7, 11) is 1.84. The predicted molar refractivity (Wildman–Crippen MR) is 87.6 cm³/mol. The molecule has 0 fully saturated rings. The Morgan fingerprint density at radius 2 is 2.25 bits per heavy atom. The van der Waals surface area contributed by atoms with Gasteiger partial charge in [-0.2, -0.15) is 5.10 Å². The van der Waals surface area contributed by atoms with Crippen molar-refractivity contribution in [2.75, 3.05) is 18.5 Å². The number of nitrogens with two attached hydrogens (primary N) is 1. The van der Waals surface area contributed by atoms with E-state index in [0.29, 0.717) is 24.6 Å². The van der Waals surface area contributed by atoms with Crippen LogP contribution < -0.4 is 15.8 Å². The largest absolute Gasteiger partial charge is 0.492 e. The average molecular weight is 327 g/mol. The third-order valence-electron chi connectivity index (χ3n) is 3.38. The van der Waals surface area contributed by atoms with E-state index in [9.17, 15) is 4.79 Å². The van der Waals surface area contributed by atoms with Crippen molar-refractivity contribution in [3.63, 3.8) is 0 Å². The number of carbonyl (C=O) groups excluding carboxylic acids is 1. The molecule has 2 aromatic heterocycles. The maximum Gasteiger partial charge on any atom is 0.277 e. The van der Waals surface area contributed by atoms with Crippen molar-refractivity contribution in [3.8, 4) is 17.0 Å². The quantitative estimate of drug-likeness (QED) is 0.713. The van der Waals surface area contributed by atoms with Crippen LogP contribution in [0.25, 0.3) is 11.3 Å². The summed E-state index contributed by atoms with van der Waals surface area (Å²) < 4.78 is 12.1. The minimum Gasteiger partial charge on any atom is -0.492 e. The first-order valence-corrected chi connectivity index (χ1v) is 7.36. The van der Waals surface area contributed by atoms with Crippen LogP contribution in [-0.4, -0.2) is 34.0 Å². The van der Waals surface area contributed by atoms with Gasteiger partial charge in [-0.1, -0.05) is 5.16 Å². The summed E-state index contributed by atoms with van der Waals surface area (Å²) in [6, 6.07) is 8.73. The number of rotatable bonds is 6. The van der Waals surface area contributed by atoms with Gasteiger partial charge in [-0.25, -0.2) is 0 Å². The Bertz CT molecular complexity index is 826. The van der Waals surface area contributed by atoms with Crippen LogP contribution in [0.2, 0.25) is 0 Å². The van der Waals surface area contributed by atoms with Gasteiger partial charge in [-0.15, -0.1) is 0 Å². The van der Waals surface area contributed by atoms with Gasteiger partial charge >= 0.3 is 0 Å². The molecule has 0 aliphatic rings. The number of hydrogen-bond donors (Lipinski definition) is 2. The molecule has 2 heterocycles. The SMILES string of the molecule is Cn1nccc1-c1cc(NC(=O)c2ccon2)ccc1OCCN. The Morgan fingerprint density at radius 1 is 1.38 bits per heavy atom. The lowest BCUT2D eigenvalue weighted by Crippen LogP contribution is -2.13. The van der Waals surface area contributed by atoms with Gasteiger partial charge in [0.2, 0.25) is 0 Å². The summed E-state index contributed by atoms with van der Waals surface area (Å²) in [4.78, 5) is 12.1. The second-order valence-corrected chi connectivity index (χ2v) is 5.03. The maximum atomic E-state index is 12.1. The molecule has 3 aromatic rings. The smallest absolute Gasteiger partial charge is 0.277 e. The molecule has 0 atom stereocenters. The molecule has 0 saturated carbocycles. The van der Waals surface area contributed by atoms with Crippen LogP contribution in [-0.2, 0) is 7.05 Å². The molecule has 1 aromatic carbocycles. The highest BCUT2D eigenvalue weighted by Crippen LogP contribution is 2.32. The van der Waals surface area contributed by atoms with Crippen molar-refractivity contribution in [2.45, 2.75) is 0 Å². The summed E-state index contributed by atoms with van der Waals surface area (Å²) in [6.07, 6.45) is 3.04. The lowest BCUT2D eigenvalue weighted by molar-refractivity contribution is 0.101. The van der Waals surface area contributed by atoms with Gasteiger partial charge < -0.3 is 20.3 Å². The number of hydrogen-bond acceptors (Lipinski definition) is 6. The Morgan fingerprint density at radius 3 is 2.92 bits per heavy atom. The minimum absolute atomic E-state index is 0.209. The number of anilines is 1. The number of aromatic nitrogens is 3. The highest BCUT2D eigenvalue weighted by molar-refractivity contribution is 6.03. The Balaban J connectivity index is 1.92. The second-order valence-electron chi connectivity index (χ2n) is 5.03. The topological polar surface area (TPSA) is 108 Å². The fraction of sp³-hybridized carbons (Fsp3) is 0.188. The van der Waals surface area contributed by atoms with E-state index < -0.39 is 0 Å². The fourth-order valence-corrected chi connectivity index (χ4v) is 2.27. The summed E-state index contributed by atoms with van der Waals surface area (Å²) in [5.74, 6) is 0.318. The molecule has 0 radical (unpaired) electrons. The van der Waals surface area contributed by atoms with Crippen molar-refractivity contribution >= 4 is 11.6 Å². The molecule has 3 rings (SSSR count). The van der Waals surface area contributed by atoms with Gasteiger partial charge in [0.1, 0.15) is 18.6 Å². The van der Waals surface area contributed by atoms with E-state index in [1.807, 2.05) is 19.2 Å². The third-order valence-corrected chi connectivity index (χ3v) is 3.38. The van der Waals surface area contributed by atoms with E-state index in [1.165, 1.54) is 12.3 Å². The molecule has 124 valence electrons. The monoisotopic (exact) mass is 327 g/mol. The van der Waals surface area contributed by atoms with Gasteiger partial charge in [0.25, 0.3) is 5.91 Å². The second kappa shape index (κ2) is 6.97. The predicted octanol–water partition coefficient (Wildman–Crippen LogP) is 1.66. The molecule has 0 aliphatic carbocycles. The fourth-order valence-electron chi connectivity index (χ4n) is 2.27. The van der Waals surface area contributed by atoms with Crippen LogP contribution in [0.1, 0.15) is 10.5 Å². The molecule has 8 nitrogen and oxygen atoms in total. The highest BCUT2D eigenvalue weighted by Gasteiger charge is 2.14. The van der Waals surface area contributed by atoms with Crippen LogP contribution >= 0.6 is 0 Å². The van der Waals surface area contributed by atoms with E-state index in [1.54, 1.807) is 23.0 Å². The van der Waals surface area contributed by atoms with Gasteiger partial charge in [0.15, 0.2) is 5.69 Å². The molecule has 8 heteroatoms. The van der Waals surface area contributed by atoms with Gasteiger partial charge in [0, 0.05) is 37.1 Å². The number of carbonyl (C=O) groups is 1. The molecular formula is C16H17N5O3. The zero-order valence-electron chi connectivity index (χ0n) is 13.1. The van der Waals surface area contributed by atoms with Crippen molar-refractivity contribution in [3.05, 3.63) is 48.5 Å². The molecule has 0 aliphatic heterocycles. The van der Waals surface area contributed by atoms with Crippen molar-refractivity contribution < 1.29 is 14.1 Å². The first-order chi connectivity index (χ1) is 11.7. The zero-order valence-corrected chi connectivity index (χ0v) is 13.1. The Hall–Kier alpha value is -3.13. The molecule has 0 spiro atoms. The van der Waals surface area contributed by atoms with Crippen LogP contribution in [0.5, 0.6) is 5.75 Å². The molecule has 3 N–H and O–H groups in total. The number of aryl methyl sites for hydroxylation is 1. The number of ether oxygens (including phenoxy) is 1. The van der Waals surface area contributed by atoms with Crippen molar-refractivity contribution in [1.29, 1.82) is 0 Å². The zero-order chi connectivity index (χ0) is 16.9. The molecule has 0 saturated heterocycles. The van der Waals surface area contributed by atoms with Crippen molar-refractivity contribution in [2.24, 2.45) is 12.8 Å². The van der Waals surface area contributed by atoms with E-state index in [-0.39, 0.29) is 11.6 Å². The van der Waals surface area contributed by atoms with Crippen LogP contribution in [0, 0.1) is 0 Å². The van der Waals surface area contributed by atoms with E-state index in [0.717, 1.165) is 11.3 Å². The van der Waals surface area contributed by atoms with Gasteiger partial charge in [0.05, 0.1) is 5.69 Å². The Labute approximate surface area is 138 Å². The Kier molecular flexibility index (Phi) is 4.57. The van der Waals surface area contributed by atoms with Crippen LogP contribution in [0.3, 0.4) is 0 Å². The van der Waals surface area contributed by atoms with E-state index in [2.05, 4.69) is 20.1 Å². The van der Waals surface area contributed by atoms with Crippen LogP contribution in [0.4, 0.5) is 5.69 Å². The van der Waals surface area contributed by atoms with Gasteiger partial charge in [-0.3, -0.25) is 9.48 Å². The number of benzene rings is 1. The average Bonchev–Trinajstić information content (AvgIpc) is 3.25. The lowest BCUT2D eigenvalue weighted by Gasteiger charge is -2.13. The summed E-state index contributed by atoms with van der Waals surface area (Å²) >= 11 is 0. The molecular weight excluding hydrogens is 310 g/mol. The van der Waals surface area contributed by atoms with Gasteiger partial charge in [-0.05, 0) is 24.3 Å². The summed E-state index contributed by atoms with van der Waals surface area (Å²) in [5.41, 5.74) is 8.00. The van der Waals surface area contributed by atoms with Crippen LogP contribution in [0.15, 0.2) is 47.3 Å². The first kappa shape index (κ1) is 15.8. The number of amides is 1. The summed E-state index contributed by atoms with van der Waals surface area (Å²) in [5, 5.41) is 10.6. The van der Waals surface area contributed by atoms with E-state index >= 15 is 0 Å². The van der Waals surface area contributed by atoms with E-state index in [4.69, 9.17) is 10.5 Å². The third kappa shape index (κ3) is 3.28. The first-order valence-electron chi connectivity index (χ1n) is 7.36. The minimum atomic E-state index is -0.352. The molecule has 1 amide bonds. The standard InChI is InChI=1S/C16H17N5O3/c1-21-14(4-7-18-21)12-10-11(2-3-15(12)23-9-6-17)19-16(22)13-5-8-24-20-13/h2-5,7-8,10H,6,9,17H2,1H3,(H,19,22). The normalized spacial score (nSPS) is 10.6. The maximum absolute atomic E-state index is 12.1. The lowest BCUT2D eigenvalue weighted by atomic mass is 10.1. The number of nitrogens with one attached hydrogen (secondary N) is 1. The molecule has 24 heavy (non-hydrogen) atoms. The number of nitrogens with zero attached hydrogens (tertiary/aromatic N) is 3. The van der Waals surface area contributed by atoms with Crippen molar-refractivity contribution in [1.82, 2.24) is 14.9 Å². The highest BCUT2D eigenvalue weighted by atomic mass is 16.5. The molecule has 0 bridgehead atoms. The molecule has 0 unspecified atom stereocenters.